The van der Waals surface area contributed by atoms with E-state index in [9.17, 15) is 9.59 Å². The van der Waals surface area contributed by atoms with Crippen LogP contribution in [0.5, 0.6) is 0 Å². The zero-order valence-corrected chi connectivity index (χ0v) is 10.1. The fourth-order valence-corrected chi connectivity index (χ4v) is 1.91. The van der Waals surface area contributed by atoms with E-state index in [-0.39, 0.29) is 24.3 Å². The van der Waals surface area contributed by atoms with Gasteiger partial charge in [-0.1, -0.05) is 0 Å². The number of aliphatic hydroxyl groups excluding tert-OH is 1. The molecule has 1 saturated heterocycles. The summed E-state index contributed by atoms with van der Waals surface area (Å²) in [6, 6.07) is -0.422. The number of hydrogen-bond donors (Lipinski definition) is 1. The predicted molar refractivity (Wildman–Crippen MR) is 59.7 cm³/mol. The Bertz CT molecular complexity index is 280. The first kappa shape index (κ1) is 13.0. The van der Waals surface area contributed by atoms with Crippen LogP contribution in [-0.4, -0.2) is 59.5 Å². The molecule has 0 spiro atoms. The monoisotopic (exact) mass is 228 g/mol. The highest BCUT2D eigenvalue weighted by atomic mass is 16.3. The molecule has 0 saturated carbocycles. The zero-order chi connectivity index (χ0) is 12.3. The summed E-state index contributed by atoms with van der Waals surface area (Å²) in [6.45, 7) is 4.76. The average Bonchev–Trinajstić information content (AvgIpc) is 2.67. The SMILES string of the molecule is CCN(C)C(=O)C(C)N1CC(CO)CC1=O. The van der Waals surface area contributed by atoms with Crippen molar-refractivity contribution in [3.05, 3.63) is 0 Å². The first-order chi connectivity index (χ1) is 7.51. The minimum atomic E-state index is -0.422. The number of carbonyl (C=O) groups is 2. The van der Waals surface area contributed by atoms with Gasteiger partial charge in [0, 0.05) is 39.1 Å². The number of carbonyl (C=O) groups excluding carboxylic acids is 2. The molecule has 1 heterocycles. The van der Waals surface area contributed by atoms with Crippen molar-refractivity contribution in [2.75, 3.05) is 26.7 Å². The summed E-state index contributed by atoms with van der Waals surface area (Å²) in [4.78, 5) is 26.7. The van der Waals surface area contributed by atoms with E-state index < -0.39 is 6.04 Å². The lowest BCUT2D eigenvalue weighted by molar-refractivity contribution is -0.141. The highest BCUT2D eigenvalue weighted by Crippen LogP contribution is 2.20. The number of aliphatic hydroxyl groups is 1. The second-order valence-corrected chi connectivity index (χ2v) is 4.33. The number of amides is 2. The van der Waals surface area contributed by atoms with E-state index in [1.54, 1.807) is 23.8 Å². The van der Waals surface area contributed by atoms with E-state index in [4.69, 9.17) is 5.11 Å². The summed E-state index contributed by atoms with van der Waals surface area (Å²) < 4.78 is 0. The van der Waals surface area contributed by atoms with E-state index in [2.05, 4.69) is 0 Å². The molecular weight excluding hydrogens is 208 g/mol. The molecule has 0 radical (unpaired) electrons. The number of likely N-dealkylation sites (N-methyl/N-ethyl adjacent to an activating group) is 1. The van der Waals surface area contributed by atoms with Crippen LogP contribution in [0.3, 0.4) is 0 Å². The van der Waals surface area contributed by atoms with Gasteiger partial charge >= 0.3 is 0 Å². The van der Waals surface area contributed by atoms with E-state index in [1.165, 1.54) is 0 Å². The Morgan fingerprint density at radius 1 is 1.69 bits per heavy atom. The molecule has 2 amide bonds. The van der Waals surface area contributed by atoms with E-state index >= 15 is 0 Å². The number of hydrogen-bond acceptors (Lipinski definition) is 3. The second-order valence-electron chi connectivity index (χ2n) is 4.33. The maximum absolute atomic E-state index is 11.9. The van der Waals surface area contributed by atoms with Crippen LogP contribution in [0, 0.1) is 5.92 Å². The first-order valence-corrected chi connectivity index (χ1v) is 5.66. The van der Waals surface area contributed by atoms with E-state index in [0.29, 0.717) is 19.5 Å². The molecule has 2 atom stereocenters. The lowest BCUT2D eigenvalue weighted by Crippen LogP contribution is -2.46. The quantitative estimate of drug-likeness (QED) is 0.718. The normalized spacial score (nSPS) is 22.4. The summed E-state index contributed by atoms with van der Waals surface area (Å²) in [6.07, 6.45) is 0.351. The summed E-state index contributed by atoms with van der Waals surface area (Å²) in [7, 11) is 1.73. The van der Waals surface area contributed by atoms with Crippen LogP contribution in [-0.2, 0) is 9.59 Å². The van der Waals surface area contributed by atoms with Crippen molar-refractivity contribution in [2.45, 2.75) is 26.3 Å². The van der Waals surface area contributed by atoms with Crippen molar-refractivity contribution < 1.29 is 14.7 Å². The molecule has 0 bridgehead atoms. The fourth-order valence-electron chi connectivity index (χ4n) is 1.91. The fraction of sp³-hybridized carbons (Fsp3) is 0.818. The Balaban J connectivity index is 2.64. The molecule has 2 unspecified atom stereocenters. The van der Waals surface area contributed by atoms with Gasteiger partial charge in [-0.25, -0.2) is 0 Å². The molecule has 1 rings (SSSR count). The van der Waals surface area contributed by atoms with Gasteiger partial charge in [-0.2, -0.15) is 0 Å². The second kappa shape index (κ2) is 5.30. The highest BCUT2D eigenvalue weighted by molar-refractivity contribution is 5.88. The van der Waals surface area contributed by atoms with Gasteiger partial charge in [0.15, 0.2) is 0 Å². The summed E-state index contributed by atoms with van der Waals surface area (Å²) >= 11 is 0. The van der Waals surface area contributed by atoms with Crippen LogP contribution in [0.15, 0.2) is 0 Å². The Morgan fingerprint density at radius 3 is 2.75 bits per heavy atom. The molecule has 5 nitrogen and oxygen atoms in total. The van der Waals surface area contributed by atoms with Gasteiger partial charge in [-0.15, -0.1) is 0 Å². The molecule has 0 aliphatic carbocycles. The molecule has 1 aliphatic rings. The predicted octanol–water partition coefficient (Wildman–Crippen LogP) is -0.306. The standard InChI is InChI=1S/C11H20N2O3/c1-4-12(3)11(16)8(2)13-6-9(7-14)5-10(13)15/h8-9,14H,4-7H2,1-3H3. The van der Waals surface area contributed by atoms with Gasteiger partial charge in [-0.05, 0) is 13.8 Å². The van der Waals surface area contributed by atoms with Crippen LogP contribution < -0.4 is 0 Å². The van der Waals surface area contributed by atoms with Crippen LogP contribution in [0.4, 0.5) is 0 Å². The molecule has 1 aliphatic heterocycles. The van der Waals surface area contributed by atoms with Crippen LogP contribution >= 0.6 is 0 Å². The lowest BCUT2D eigenvalue weighted by atomic mass is 10.1. The third-order valence-electron chi connectivity index (χ3n) is 3.17. The highest BCUT2D eigenvalue weighted by Gasteiger charge is 2.35. The molecule has 92 valence electrons. The summed E-state index contributed by atoms with van der Waals surface area (Å²) in [5.41, 5.74) is 0. The Hall–Kier alpha value is -1.10. The van der Waals surface area contributed by atoms with Crippen molar-refractivity contribution in [3.63, 3.8) is 0 Å². The number of nitrogens with zero attached hydrogens (tertiary/aromatic N) is 2. The molecule has 1 fully saturated rings. The Labute approximate surface area is 96.0 Å². The third kappa shape index (κ3) is 2.52. The maximum atomic E-state index is 11.9. The number of rotatable bonds is 4. The zero-order valence-electron chi connectivity index (χ0n) is 10.1. The van der Waals surface area contributed by atoms with Crippen molar-refractivity contribution in [1.82, 2.24) is 9.80 Å². The van der Waals surface area contributed by atoms with E-state index in [0.717, 1.165) is 0 Å². The third-order valence-corrected chi connectivity index (χ3v) is 3.17. The summed E-state index contributed by atoms with van der Waals surface area (Å²) in [5, 5.41) is 9.00. The van der Waals surface area contributed by atoms with Crippen LogP contribution in [0.2, 0.25) is 0 Å². The minimum Gasteiger partial charge on any atom is -0.396 e. The molecule has 16 heavy (non-hydrogen) atoms. The van der Waals surface area contributed by atoms with Crippen molar-refractivity contribution in [2.24, 2.45) is 5.92 Å². The number of likely N-dealkylation sites (tertiary alicyclic amines) is 1. The van der Waals surface area contributed by atoms with Crippen molar-refractivity contribution >= 4 is 11.8 Å². The molecular formula is C11H20N2O3. The molecule has 5 heteroatoms. The molecule has 0 aromatic rings. The van der Waals surface area contributed by atoms with Crippen LogP contribution in [0.1, 0.15) is 20.3 Å². The first-order valence-electron chi connectivity index (χ1n) is 5.66. The molecule has 1 N–H and O–H groups in total. The van der Waals surface area contributed by atoms with Gasteiger partial charge in [0.1, 0.15) is 6.04 Å². The van der Waals surface area contributed by atoms with Crippen LogP contribution in [0.25, 0.3) is 0 Å². The average molecular weight is 228 g/mol. The topological polar surface area (TPSA) is 60.9 Å². The van der Waals surface area contributed by atoms with Crippen molar-refractivity contribution in [1.29, 1.82) is 0 Å². The van der Waals surface area contributed by atoms with Gasteiger partial charge in [0.05, 0.1) is 0 Å². The molecule has 0 aromatic heterocycles. The van der Waals surface area contributed by atoms with Gasteiger partial charge < -0.3 is 14.9 Å². The summed E-state index contributed by atoms with van der Waals surface area (Å²) in [5.74, 6) is -0.103. The van der Waals surface area contributed by atoms with Gasteiger partial charge in [0.2, 0.25) is 11.8 Å². The van der Waals surface area contributed by atoms with Gasteiger partial charge in [0.25, 0.3) is 0 Å². The minimum absolute atomic E-state index is 0.00671. The smallest absolute Gasteiger partial charge is 0.244 e. The maximum Gasteiger partial charge on any atom is 0.244 e. The van der Waals surface area contributed by atoms with Crippen molar-refractivity contribution in [3.8, 4) is 0 Å². The Kier molecular flexibility index (Phi) is 4.29. The molecule has 0 aromatic carbocycles. The van der Waals surface area contributed by atoms with E-state index in [1.807, 2.05) is 6.92 Å². The largest absolute Gasteiger partial charge is 0.396 e. The Morgan fingerprint density at radius 2 is 2.31 bits per heavy atom. The van der Waals surface area contributed by atoms with Gasteiger partial charge in [-0.3, -0.25) is 9.59 Å². The lowest BCUT2D eigenvalue weighted by Gasteiger charge is -2.27.